The van der Waals surface area contributed by atoms with Crippen molar-refractivity contribution >= 4 is 17.8 Å². The van der Waals surface area contributed by atoms with Crippen LogP contribution < -0.4 is 0 Å². The minimum Gasteiger partial charge on any atom is -0.261 e. The molecule has 1 aliphatic carbocycles. The Kier molecular flexibility index (Phi) is 4.16. The smallest absolute Gasteiger partial charge is 0.0408 e. The van der Waals surface area contributed by atoms with Gasteiger partial charge in [0.05, 0.1) is 0 Å². The van der Waals surface area contributed by atoms with Gasteiger partial charge in [-0.2, -0.15) is 0 Å². The zero-order chi connectivity index (χ0) is 12.1. The zero-order valence-electron chi connectivity index (χ0n) is 9.99. The van der Waals surface area contributed by atoms with Gasteiger partial charge in [-0.1, -0.05) is 29.8 Å². The third kappa shape index (κ3) is 3.31. The fourth-order valence-electron chi connectivity index (χ4n) is 1.98. The molecule has 0 fully saturated rings. The van der Waals surface area contributed by atoms with Crippen LogP contribution in [-0.2, 0) is 12.8 Å². The lowest BCUT2D eigenvalue weighted by molar-refractivity contribution is 1.000. The first-order valence-corrected chi connectivity index (χ1v) is 6.29. The highest BCUT2D eigenvalue weighted by molar-refractivity contribution is 6.30. The summed E-state index contributed by atoms with van der Waals surface area (Å²) in [6, 6.07) is 6.14. The first-order chi connectivity index (χ1) is 8.29. The summed E-state index contributed by atoms with van der Waals surface area (Å²) in [6.07, 6.45) is 11.0. The molecule has 1 aliphatic rings. The Labute approximate surface area is 108 Å². The van der Waals surface area contributed by atoms with Crippen molar-refractivity contribution < 1.29 is 0 Å². The molecule has 88 valence electrons. The van der Waals surface area contributed by atoms with Crippen LogP contribution in [0.25, 0.3) is 0 Å². The highest BCUT2D eigenvalue weighted by Crippen LogP contribution is 2.24. The molecule has 0 spiro atoms. The van der Waals surface area contributed by atoms with Crippen LogP contribution in [0.5, 0.6) is 0 Å². The van der Waals surface area contributed by atoms with Crippen LogP contribution in [0.3, 0.4) is 0 Å². The molecule has 0 atom stereocenters. The molecule has 0 radical (unpaired) electrons. The van der Waals surface area contributed by atoms with E-state index < -0.39 is 0 Å². The van der Waals surface area contributed by atoms with Gasteiger partial charge in [0, 0.05) is 23.4 Å². The van der Waals surface area contributed by atoms with Crippen LogP contribution in [-0.4, -0.2) is 6.21 Å². The van der Waals surface area contributed by atoms with Crippen LogP contribution in [0.4, 0.5) is 0 Å². The molecule has 0 aromatic heterocycles. The quantitative estimate of drug-likeness (QED) is 0.687. The normalized spacial score (nSPS) is 16.0. The number of rotatable bonds is 2. The van der Waals surface area contributed by atoms with Crippen LogP contribution >= 0.6 is 11.6 Å². The van der Waals surface area contributed by atoms with Crippen molar-refractivity contribution in [2.75, 3.05) is 0 Å². The summed E-state index contributed by atoms with van der Waals surface area (Å²) in [4.78, 5) is 4.47. The van der Waals surface area contributed by atoms with Gasteiger partial charge in [0.25, 0.3) is 0 Å². The Hall–Kier alpha value is -1.34. The highest BCUT2D eigenvalue weighted by atomic mass is 35.5. The third-order valence-electron chi connectivity index (χ3n) is 2.85. The monoisotopic (exact) mass is 245 g/mol. The van der Waals surface area contributed by atoms with Crippen LogP contribution in [0.1, 0.15) is 24.5 Å². The highest BCUT2D eigenvalue weighted by Gasteiger charge is 2.09. The summed E-state index contributed by atoms with van der Waals surface area (Å²) in [5, 5.41) is 0.824. The van der Waals surface area contributed by atoms with E-state index in [0.29, 0.717) is 0 Å². The van der Waals surface area contributed by atoms with Gasteiger partial charge in [0.1, 0.15) is 0 Å². The van der Waals surface area contributed by atoms with Crippen molar-refractivity contribution in [3.63, 3.8) is 0 Å². The lowest BCUT2D eigenvalue weighted by atomic mass is 10.0. The molecule has 0 N–H and O–H groups in total. The number of fused-ring (bicyclic) bond motifs is 1. The summed E-state index contributed by atoms with van der Waals surface area (Å²) in [5.74, 6) is 0. The number of aryl methyl sites for hydroxylation is 1. The van der Waals surface area contributed by atoms with Crippen molar-refractivity contribution in [3.8, 4) is 0 Å². The number of hydrogen-bond acceptors (Lipinski definition) is 1. The van der Waals surface area contributed by atoms with Gasteiger partial charge in [-0.15, -0.1) is 0 Å². The second kappa shape index (κ2) is 5.83. The molecular formula is C15H16ClN. The van der Waals surface area contributed by atoms with Crippen molar-refractivity contribution in [1.29, 1.82) is 0 Å². The second-order valence-corrected chi connectivity index (χ2v) is 4.56. The fraction of sp³-hybridized carbons (Fsp3) is 0.267. The maximum absolute atomic E-state index is 6.01. The standard InChI is InChI=1S/C15H16ClN/c1-2-3-9-17-15-6-4-5-12-10-14(16)8-7-13(12)11-15/h2-3,6-10H,4-5,11H2,1H3/b3-2-,17-9?. The molecule has 0 bridgehead atoms. The molecule has 17 heavy (non-hydrogen) atoms. The minimum atomic E-state index is 0.824. The maximum Gasteiger partial charge on any atom is 0.0408 e. The van der Waals surface area contributed by atoms with Crippen LogP contribution in [0.2, 0.25) is 5.02 Å². The number of halogens is 1. The van der Waals surface area contributed by atoms with Gasteiger partial charge in [-0.25, -0.2) is 0 Å². The summed E-state index contributed by atoms with van der Waals surface area (Å²) in [6.45, 7) is 1.99. The molecule has 2 rings (SSSR count). The van der Waals surface area contributed by atoms with E-state index in [4.69, 9.17) is 11.6 Å². The molecule has 1 aromatic rings. The van der Waals surface area contributed by atoms with E-state index in [0.717, 1.165) is 30.0 Å². The van der Waals surface area contributed by atoms with E-state index in [1.54, 1.807) is 0 Å². The molecular weight excluding hydrogens is 230 g/mol. The van der Waals surface area contributed by atoms with Crippen molar-refractivity contribution in [2.24, 2.45) is 4.99 Å². The first kappa shape index (κ1) is 12.1. The van der Waals surface area contributed by atoms with Gasteiger partial charge in [0.15, 0.2) is 0 Å². The number of aliphatic imine (C=N–C) groups is 1. The molecule has 0 aliphatic heterocycles. The van der Waals surface area contributed by atoms with E-state index in [-0.39, 0.29) is 0 Å². The Morgan fingerprint density at radius 3 is 3.00 bits per heavy atom. The second-order valence-electron chi connectivity index (χ2n) is 4.13. The summed E-state index contributed by atoms with van der Waals surface area (Å²) < 4.78 is 0. The summed E-state index contributed by atoms with van der Waals surface area (Å²) in [5.41, 5.74) is 3.84. The van der Waals surface area contributed by atoms with E-state index in [9.17, 15) is 0 Å². The van der Waals surface area contributed by atoms with Gasteiger partial charge < -0.3 is 0 Å². The molecule has 0 unspecified atom stereocenters. The molecule has 2 heteroatoms. The predicted molar refractivity (Wildman–Crippen MR) is 74.9 cm³/mol. The van der Waals surface area contributed by atoms with Gasteiger partial charge >= 0.3 is 0 Å². The Balaban J connectivity index is 2.20. The molecule has 1 nitrogen and oxygen atoms in total. The Morgan fingerprint density at radius 2 is 2.18 bits per heavy atom. The number of benzene rings is 1. The largest absolute Gasteiger partial charge is 0.261 e. The average molecular weight is 246 g/mol. The van der Waals surface area contributed by atoms with E-state index >= 15 is 0 Å². The van der Waals surface area contributed by atoms with Crippen molar-refractivity contribution in [1.82, 2.24) is 0 Å². The van der Waals surface area contributed by atoms with Crippen LogP contribution in [0, 0.1) is 0 Å². The van der Waals surface area contributed by atoms with Gasteiger partial charge in [-0.05, 0) is 49.1 Å². The Bertz CT molecular complexity index is 484. The van der Waals surface area contributed by atoms with Gasteiger partial charge in [-0.3, -0.25) is 4.99 Å². The lowest BCUT2D eigenvalue weighted by Crippen LogP contribution is -1.92. The van der Waals surface area contributed by atoms with E-state index in [1.165, 1.54) is 11.1 Å². The molecule has 0 saturated carbocycles. The molecule has 0 amide bonds. The Morgan fingerprint density at radius 1 is 1.29 bits per heavy atom. The number of allylic oxidation sites excluding steroid dienone is 4. The van der Waals surface area contributed by atoms with Crippen molar-refractivity contribution in [3.05, 3.63) is 58.3 Å². The minimum absolute atomic E-state index is 0.824. The van der Waals surface area contributed by atoms with Crippen molar-refractivity contribution in [2.45, 2.75) is 26.2 Å². The molecule has 0 saturated heterocycles. The summed E-state index contributed by atoms with van der Waals surface area (Å²) >= 11 is 6.01. The topological polar surface area (TPSA) is 12.4 Å². The first-order valence-electron chi connectivity index (χ1n) is 5.91. The number of nitrogens with zero attached hydrogens (tertiary/aromatic N) is 1. The summed E-state index contributed by atoms with van der Waals surface area (Å²) in [7, 11) is 0. The molecule has 0 heterocycles. The zero-order valence-corrected chi connectivity index (χ0v) is 10.7. The van der Waals surface area contributed by atoms with E-state index in [1.807, 2.05) is 31.4 Å². The average Bonchev–Trinajstić information content (AvgIpc) is 2.51. The maximum atomic E-state index is 6.01. The lowest BCUT2D eigenvalue weighted by Gasteiger charge is -2.06. The van der Waals surface area contributed by atoms with Gasteiger partial charge in [0.2, 0.25) is 0 Å². The number of hydrogen-bond donors (Lipinski definition) is 0. The molecule has 1 aromatic carbocycles. The SMILES string of the molecule is C/C=C\C=NC1=CCCc2cc(Cl)ccc2C1. The third-order valence-corrected chi connectivity index (χ3v) is 3.09. The predicted octanol–water partition coefficient (Wildman–Crippen LogP) is 4.36. The fourth-order valence-corrected chi connectivity index (χ4v) is 2.18. The van der Waals surface area contributed by atoms with Crippen LogP contribution in [0.15, 0.2) is 47.1 Å². The van der Waals surface area contributed by atoms with E-state index in [2.05, 4.69) is 23.2 Å².